The highest BCUT2D eigenvalue weighted by Crippen LogP contribution is 2.35. The van der Waals surface area contributed by atoms with Crippen LogP contribution in [0.1, 0.15) is 34.3 Å². The van der Waals surface area contributed by atoms with Gasteiger partial charge in [-0.15, -0.1) is 0 Å². The Bertz CT molecular complexity index is 987. The number of likely N-dealkylation sites (tertiary alicyclic amines) is 1. The van der Waals surface area contributed by atoms with Gasteiger partial charge in [-0.2, -0.15) is 0 Å². The highest BCUT2D eigenvalue weighted by molar-refractivity contribution is 6.31. The van der Waals surface area contributed by atoms with Crippen molar-refractivity contribution in [3.05, 3.63) is 76.3 Å². The molecule has 1 heterocycles. The number of carbonyl (C=O) groups excluding carboxylic acids is 3. The summed E-state index contributed by atoms with van der Waals surface area (Å²) >= 11 is 6.01. The lowest BCUT2D eigenvalue weighted by atomic mass is 9.85. The molecule has 0 aromatic heterocycles. The van der Waals surface area contributed by atoms with Crippen molar-refractivity contribution in [2.24, 2.45) is 11.8 Å². The lowest BCUT2D eigenvalue weighted by Crippen LogP contribution is -2.30. The van der Waals surface area contributed by atoms with Gasteiger partial charge in [0, 0.05) is 16.3 Å². The summed E-state index contributed by atoms with van der Waals surface area (Å²) in [4.78, 5) is 39.0. The average molecular weight is 409 g/mol. The third-order valence-corrected chi connectivity index (χ3v) is 6.00. The highest BCUT2D eigenvalue weighted by atomic mass is 35.5. The van der Waals surface area contributed by atoms with Crippen molar-refractivity contribution in [2.45, 2.75) is 26.3 Å². The zero-order chi connectivity index (χ0) is 20.5. The molecule has 2 aromatic carbocycles. The van der Waals surface area contributed by atoms with Crippen molar-refractivity contribution < 1.29 is 14.4 Å². The van der Waals surface area contributed by atoms with E-state index in [1.54, 1.807) is 36.4 Å². The number of benzene rings is 2. The van der Waals surface area contributed by atoms with E-state index in [0.29, 0.717) is 29.1 Å². The van der Waals surface area contributed by atoms with Crippen molar-refractivity contribution in [1.82, 2.24) is 4.90 Å². The van der Waals surface area contributed by atoms with E-state index in [0.717, 1.165) is 11.1 Å². The second-order valence-corrected chi connectivity index (χ2v) is 7.94. The molecule has 0 bridgehead atoms. The van der Waals surface area contributed by atoms with Crippen LogP contribution in [0, 0.1) is 18.8 Å². The van der Waals surface area contributed by atoms with E-state index in [1.807, 2.05) is 25.1 Å². The van der Waals surface area contributed by atoms with Gasteiger partial charge in [0.2, 0.25) is 11.8 Å². The first-order chi connectivity index (χ1) is 13.9. The van der Waals surface area contributed by atoms with Crippen LogP contribution in [0.15, 0.2) is 54.6 Å². The Hall–Kier alpha value is -2.92. The van der Waals surface area contributed by atoms with Crippen LogP contribution in [0.3, 0.4) is 0 Å². The zero-order valence-corrected chi connectivity index (χ0v) is 16.8. The predicted molar refractivity (Wildman–Crippen MR) is 111 cm³/mol. The highest BCUT2D eigenvalue weighted by Gasteiger charge is 2.46. The van der Waals surface area contributed by atoms with Crippen LogP contribution >= 0.6 is 11.6 Å². The maximum atomic E-state index is 12.6. The molecule has 1 N–H and O–H groups in total. The molecule has 0 radical (unpaired) electrons. The molecule has 2 aromatic rings. The Kier molecular flexibility index (Phi) is 5.24. The van der Waals surface area contributed by atoms with E-state index < -0.39 is 0 Å². The fourth-order valence-corrected chi connectivity index (χ4v) is 4.01. The largest absolute Gasteiger partial charge is 0.322 e. The van der Waals surface area contributed by atoms with E-state index >= 15 is 0 Å². The van der Waals surface area contributed by atoms with E-state index in [9.17, 15) is 14.4 Å². The van der Waals surface area contributed by atoms with Gasteiger partial charge in [-0.1, -0.05) is 35.9 Å². The van der Waals surface area contributed by atoms with Gasteiger partial charge >= 0.3 is 0 Å². The zero-order valence-electron chi connectivity index (χ0n) is 16.0. The Morgan fingerprint density at radius 2 is 1.66 bits per heavy atom. The fourth-order valence-electron chi connectivity index (χ4n) is 3.89. The lowest BCUT2D eigenvalue weighted by Gasteiger charge is -2.15. The number of amides is 3. The Balaban J connectivity index is 1.42. The standard InChI is InChI=1S/C23H21ClN2O3/c1-14-12-17(10-11-20(14)24)25-21(27)16-8-6-15(7-9-16)13-26-22(28)18-4-2-3-5-19(18)23(26)29/h2-3,6-12,18-19H,4-5,13H2,1H3,(H,25,27)/t18-,19-/m1/s1. The summed E-state index contributed by atoms with van der Waals surface area (Å²) in [5, 5.41) is 3.49. The van der Waals surface area contributed by atoms with Crippen molar-refractivity contribution in [1.29, 1.82) is 0 Å². The number of allylic oxidation sites excluding steroid dienone is 2. The minimum Gasteiger partial charge on any atom is -0.322 e. The number of nitrogens with zero attached hydrogens (tertiary/aromatic N) is 1. The summed E-state index contributed by atoms with van der Waals surface area (Å²) in [6.07, 6.45) is 5.22. The summed E-state index contributed by atoms with van der Waals surface area (Å²) in [5.74, 6) is -0.863. The number of imide groups is 1. The van der Waals surface area contributed by atoms with Gasteiger partial charge in [-0.25, -0.2) is 0 Å². The summed E-state index contributed by atoms with van der Waals surface area (Å²) < 4.78 is 0. The number of hydrogen-bond acceptors (Lipinski definition) is 3. The molecule has 1 fully saturated rings. The summed E-state index contributed by atoms with van der Waals surface area (Å²) in [7, 11) is 0. The maximum Gasteiger partial charge on any atom is 0.255 e. The molecule has 0 saturated carbocycles. The number of nitrogens with one attached hydrogen (secondary N) is 1. The van der Waals surface area contributed by atoms with Crippen LogP contribution in [0.4, 0.5) is 5.69 Å². The van der Waals surface area contributed by atoms with E-state index in [2.05, 4.69) is 5.32 Å². The summed E-state index contributed by atoms with van der Waals surface area (Å²) in [5.41, 5.74) is 2.87. The number of aryl methyl sites for hydroxylation is 1. The van der Waals surface area contributed by atoms with E-state index in [1.165, 1.54) is 4.90 Å². The molecule has 29 heavy (non-hydrogen) atoms. The first-order valence-electron chi connectivity index (χ1n) is 9.60. The number of fused-ring (bicyclic) bond motifs is 1. The smallest absolute Gasteiger partial charge is 0.255 e. The molecule has 1 saturated heterocycles. The Morgan fingerprint density at radius 1 is 1.03 bits per heavy atom. The van der Waals surface area contributed by atoms with Crippen LogP contribution in [-0.4, -0.2) is 22.6 Å². The molecular weight excluding hydrogens is 388 g/mol. The second kappa shape index (κ2) is 7.84. The van der Waals surface area contributed by atoms with Crippen LogP contribution in [0.25, 0.3) is 0 Å². The van der Waals surface area contributed by atoms with Gasteiger partial charge in [0.05, 0.1) is 18.4 Å². The van der Waals surface area contributed by atoms with Crippen molar-refractivity contribution in [3.63, 3.8) is 0 Å². The third kappa shape index (κ3) is 3.83. The van der Waals surface area contributed by atoms with Gasteiger partial charge in [0.15, 0.2) is 0 Å². The molecule has 4 rings (SSSR count). The monoisotopic (exact) mass is 408 g/mol. The number of rotatable bonds is 4. The fraction of sp³-hybridized carbons (Fsp3) is 0.261. The second-order valence-electron chi connectivity index (χ2n) is 7.53. The first-order valence-corrected chi connectivity index (χ1v) is 9.98. The van der Waals surface area contributed by atoms with E-state index in [-0.39, 0.29) is 36.1 Å². The third-order valence-electron chi connectivity index (χ3n) is 5.57. The van der Waals surface area contributed by atoms with Gasteiger partial charge in [0.25, 0.3) is 5.91 Å². The number of carbonyl (C=O) groups is 3. The molecule has 148 valence electrons. The van der Waals surface area contributed by atoms with Crippen LogP contribution in [0.5, 0.6) is 0 Å². The van der Waals surface area contributed by atoms with Gasteiger partial charge in [-0.05, 0) is 61.2 Å². The lowest BCUT2D eigenvalue weighted by molar-refractivity contribution is -0.140. The van der Waals surface area contributed by atoms with Crippen LogP contribution in [0.2, 0.25) is 5.02 Å². The molecule has 3 amide bonds. The van der Waals surface area contributed by atoms with Gasteiger partial charge < -0.3 is 5.32 Å². The van der Waals surface area contributed by atoms with Crippen molar-refractivity contribution >= 4 is 35.0 Å². The molecule has 2 atom stereocenters. The average Bonchev–Trinajstić information content (AvgIpc) is 2.96. The first kappa shape index (κ1) is 19.4. The summed E-state index contributed by atoms with van der Waals surface area (Å²) in [6, 6.07) is 12.3. The van der Waals surface area contributed by atoms with Crippen molar-refractivity contribution in [3.8, 4) is 0 Å². The van der Waals surface area contributed by atoms with E-state index in [4.69, 9.17) is 11.6 Å². The van der Waals surface area contributed by atoms with Crippen molar-refractivity contribution in [2.75, 3.05) is 5.32 Å². The predicted octanol–water partition coefficient (Wildman–Crippen LogP) is 4.35. The molecule has 2 aliphatic rings. The molecule has 1 aliphatic heterocycles. The minimum atomic E-state index is -0.233. The van der Waals surface area contributed by atoms with Crippen LogP contribution < -0.4 is 5.32 Å². The molecular formula is C23H21ClN2O3. The SMILES string of the molecule is Cc1cc(NC(=O)c2ccc(CN3C(=O)[C@@H]4CC=CC[C@H]4C3=O)cc2)ccc1Cl. The molecule has 6 heteroatoms. The maximum absolute atomic E-state index is 12.6. The van der Waals surface area contributed by atoms with Crippen LogP contribution in [-0.2, 0) is 16.1 Å². The quantitative estimate of drug-likeness (QED) is 0.604. The molecule has 5 nitrogen and oxygen atoms in total. The number of hydrogen-bond donors (Lipinski definition) is 1. The summed E-state index contributed by atoms with van der Waals surface area (Å²) in [6.45, 7) is 2.11. The molecule has 0 unspecified atom stereocenters. The minimum absolute atomic E-state index is 0.0933. The number of anilines is 1. The Labute approximate surface area is 174 Å². The normalized spacial score (nSPS) is 20.7. The topological polar surface area (TPSA) is 66.5 Å². The Morgan fingerprint density at radius 3 is 2.24 bits per heavy atom. The molecule has 0 spiro atoms. The van der Waals surface area contributed by atoms with Gasteiger partial charge in [-0.3, -0.25) is 19.3 Å². The van der Waals surface area contributed by atoms with Gasteiger partial charge in [0.1, 0.15) is 0 Å². The molecule has 1 aliphatic carbocycles. The number of halogens is 1.